The van der Waals surface area contributed by atoms with Gasteiger partial charge in [-0.2, -0.15) is 13.2 Å². The highest BCUT2D eigenvalue weighted by Gasteiger charge is 2.29. The van der Waals surface area contributed by atoms with Crippen LogP contribution >= 0.6 is 0 Å². The molecule has 1 rings (SSSR count). The van der Waals surface area contributed by atoms with Crippen LogP contribution in [-0.4, -0.2) is 51.6 Å². The van der Waals surface area contributed by atoms with Gasteiger partial charge in [-0.25, -0.2) is 5.84 Å². The molecule has 108 valence electrons. The highest BCUT2D eigenvalue weighted by molar-refractivity contribution is 5.91. The summed E-state index contributed by atoms with van der Waals surface area (Å²) in [6, 6.07) is 0. The maximum Gasteiger partial charge on any atom is 0.401 e. The van der Waals surface area contributed by atoms with E-state index in [9.17, 15) is 18.0 Å². The van der Waals surface area contributed by atoms with E-state index in [-0.39, 0.29) is 25.3 Å². The van der Waals surface area contributed by atoms with Gasteiger partial charge in [-0.05, 0) is 6.54 Å². The molecule has 0 unspecified atom stereocenters. The SMILES string of the molecule is CCN(CCn1cc(C(=O)NN)nn1)CC(F)(F)F. The summed E-state index contributed by atoms with van der Waals surface area (Å²) in [6.45, 7) is 1.29. The molecule has 0 aliphatic rings. The number of hydrazine groups is 1. The number of amides is 1. The van der Waals surface area contributed by atoms with Gasteiger partial charge in [-0.15, -0.1) is 5.10 Å². The third kappa shape index (κ3) is 5.22. The number of carbonyl (C=O) groups is 1. The minimum absolute atomic E-state index is 0.0152. The van der Waals surface area contributed by atoms with Gasteiger partial charge in [0.05, 0.1) is 19.3 Å². The van der Waals surface area contributed by atoms with Crippen LogP contribution in [0.25, 0.3) is 0 Å². The molecule has 19 heavy (non-hydrogen) atoms. The molecule has 1 aromatic rings. The monoisotopic (exact) mass is 280 g/mol. The number of nitrogens with one attached hydrogen (secondary N) is 1. The van der Waals surface area contributed by atoms with E-state index in [2.05, 4.69) is 10.3 Å². The number of aromatic nitrogens is 3. The molecule has 0 aliphatic heterocycles. The van der Waals surface area contributed by atoms with Crippen molar-refractivity contribution < 1.29 is 18.0 Å². The van der Waals surface area contributed by atoms with Gasteiger partial charge in [0, 0.05) is 6.54 Å². The average molecular weight is 280 g/mol. The Hall–Kier alpha value is -1.68. The van der Waals surface area contributed by atoms with Gasteiger partial charge < -0.3 is 0 Å². The molecule has 0 aliphatic carbocycles. The third-order valence-corrected chi connectivity index (χ3v) is 2.40. The van der Waals surface area contributed by atoms with Gasteiger partial charge in [0.15, 0.2) is 5.69 Å². The summed E-state index contributed by atoms with van der Waals surface area (Å²) in [5, 5.41) is 7.18. The van der Waals surface area contributed by atoms with Crippen LogP contribution in [0.2, 0.25) is 0 Å². The largest absolute Gasteiger partial charge is 0.401 e. The van der Waals surface area contributed by atoms with Crippen LogP contribution in [0.4, 0.5) is 13.2 Å². The summed E-state index contributed by atoms with van der Waals surface area (Å²) in [6.07, 6.45) is -2.91. The predicted octanol–water partition coefficient (Wildman–Crippen LogP) is -0.234. The van der Waals surface area contributed by atoms with Crippen molar-refractivity contribution in [2.75, 3.05) is 19.6 Å². The minimum atomic E-state index is -4.23. The number of carbonyl (C=O) groups excluding carboxylic acids is 1. The zero-order valence-electron chi connectivity index (χ0n) is 10.3. The Morgan fingerprint density at radius 1 is 1.58 bits per heavy atom. The van der Waals surface area contributed by atoms with Crippen molar-refractivity contribution >= 4 is 5.91 Å². The average Bonchev–Trinajstić information content (AvgIpc) is 2.80. The number of likely N-dealkylation sites (N-methyl/N-ethyl adjacent to an activating group) is 1. The number of nitrogens with zero attached hydrogens (tertiary/aromatic N) is 4. The summed E-state index contributed by atoms with van der Waals surface area (Å²) in [5.41, 5.74) is 1.90. The zero-order valence-corrected chi connectivity index (χ0v) is 10.3. The first-order valence-electron chi connectivity index (χ1n) is 5.56. The van der Waals surface area contributed by atoms with Crippen LogP contribution in [-0.2, 0) is 6.54 Å². The minimum Gasteiger partial charge on any atom is -0.293 e. The Labute approximate surface area is 107 Å². The Bertz CT molecular complexity index is 418. The second-order valence-electron chi connectivity index (χ2n) is 3.82. The van der Waals surface area contributed by atoms with Crippen LogP contribution in [0.3, 0.4) is 0 Å². The summed E-state index contributed by atoms with van der Waals surface area (Å²) in [4.78, 5) is 12.3. The van der Waals surface area contributed by atoms with Crippen LogP contribution in [0, 0.1) is 0 Å². The van der Waals surface area contributed by atoms with Crippen LogP contribution < -0.4 is 11.3 Å². The Morgan fingerprint density at radius 3 is 2.79 bits per heavy atom. The zero-order chi connectivity index (χ0) is 14.5. The quantitative estimate of drug-likeness (QED) is 0.427. The number of nitrogen functional groups attached to an aromatic ring is 1. The lowest BCUT2D eigenvalue weighted by Crippen LogP contribution is -2.36. The molecule has 0 spiro atoms. The number of nitrogens with two attached hydrogens (primary N) is 1. The predicted molar refractivity (Wildman–Crippen MR) is 59.8 cm³/mol. The van der Waals surface area contributed by atoms with E-state index in [0.717, 1.165) is 0 Å². The van der Waals surface area contributed by atoms with Crippen LogP contribution in [0.15, 0.2) is 6.20 Å². The summed E-state index contributed by atoms with van der Waals surface area (Å²) < 4.78 is 38.0. The Balaban J connectivity index is 2.51. The van der Waals surface area contributed by atoms with Crippen molar-refractivity contribution in [3.05, 3.63) is 11.9 Å². The topological polar surface area (TPSA) is 89.1 Å². The van der Waals surface area contributed by atoms with E-state index in [1.165, 1.54) is 15.8 Å². The second kappa shape index (κ2) is 6.48. The smallest absolute Gasteiger partial charge is 0.293 e. The first kappa shape index (κ1) is 15.4. The second-order valence-corrected chi connectivity index (χ2v) is 3.82. The Morgan fingerprint density at radius 2 is 2.26 bits per heavy atom. The van der Waals surface area contributed by atoms with Crippen molar-refractivity contribution in [2.24, 2.45) is 5.84 Å². The molecule has 1 amide bonds. The van der Waals surface area contributed by atoms with E-state index >= 15 is 0 Å². The van der Waals surface area contributed by atoms with E-state index < -0.39 is 18.6 Å². The summed E-state index contributed by atoms with van der Waals surface area (Å²) in [5.74, 6) is 4.31. The fourth-order valence-corrected chi connectivity index (χ4v) is 1.43. The summed E-state index contributed by atoms with van der Waals surface area (Å²) >= 11 is 0. The molecule has 0 saturated heterocycles. The molecule has 0 bridgehead atoms. The van der Waals surface area contributed by atoms with E-state index in [0.29, 0.717) is 0 Å². The van der Waals surface area contributed by atoms with Gasteiger partial charge in [0.1, 0.15) is 0 Å². The van der Waals surface area contributed by atoms with Crippen molar-refractivity contribution in [3.63, 3.8) is 0 Å². The molecule has 0 fully saturated rings. The maximum absolute atomic E-state index is 12.2. The molecule has 0 saturated carbocycles. The molecule has 0 radical (unpaired) electrons. The van der Waals surface area contributed by atoms with Crippen LogP contribution in [0.5, 0.6) is 0 Å². The normalized spacial score (nSPS) is 11.9. The molecule has 1 aromatic heterocycles. The number of hydrogen-bond donors (Lipinski definition) is 2. The highest BCUT2D eigenvalue weighted by atomic mass is 19.4. The molecule has 0 atom stereocenters. The molecule has 7 nitrogen and oxygen atoms in total. The number of hydrogen-bond acceptors (Lipinski definition) is 5. The molecule has 1 heterocycles. The van der Waals surface area contributed by atoms with Crippen molar-refractivity contribution in [2.45, 2.75) is 19.6 Å². The summed E-state index contributed by atoms with van der Waals surface area (Å²) in [7, 11) is 0. The van der Waals surface area contributed by atoms with E-state index in [1.807, 2.05) is 5.43 Å². The molecule has 3 N–H and O–H groups in total. The lowest BCUT2D eigenvalue weighted by molar-refractivity contribution is -0.145. The van der Waals surface area contributed by atoms with Crippen molar-refractivity contribution in [3.8, 4) is 0 Å². The molecular formula is C9H15F3N6O. The number of halogens is 3. The molecule has 10 heteroatoms. The number of rotatable bonds is 6. The third-order valence-electron chi connectivity index (χ3n) is 2.40. The highest BCUT2D eigenvalue weighted by Crippen LogP contribution is 2.16. The van der Waals surface area contributed by atoms with E-state index in [1.54, 1.807) is 6.92 Å². The van der Waals surface area contributed by atoms with Gasteiger partial charge in [-0.3, -0.25) is 19.8 Å². The number of alkyl halides is 3. The first-order valence-corrected chi connectivity index (χ1v) is 5.56. The van der Waals surface area contributed by atoms with Crippen molar-refractivity contribution in [1.82, 2.24) is 25.3 Å². The fourth-order valence-electron chi connectivity index (χ4n) is 1.43. The fraction of sp³-hybridized carbons (Fsp3) is 0.667. The van der Waals surface area contributed by atoms with Crippen molar-refractivity contribution in [1.29, 1.82) is 0 Å². The molecular weight excluding hydrogens is 265 g/mol. The van der Waals surface area contributed by atoms with Crippen LogP contribution in [0.1, 0.15) is 17.4 Å². The van der Waals surface area contributed by atoms with Gasteiger partial charge in [-0.1, -0.05) is 12.1 Å². The maximum atomic E-state index is 12.2. The van der Waals surface area contributed by atoms with E-state index in [4.69, 9.17) is 5.84 Å². The lowest BCUT2D eigenvalue weighted by Gasteiger charge is -2.21. The lowest BCUT2D eigenvalue weighted by atomic mass is 10.4. The van der Waals surface area contributed by atoms with Gasteiger partial charge in [0.25, 0.3) is 5.91 Å². The van der Waals surface area contributed by atoms with Gasteiger partial charge in [0.2, 0.25) is 0 Å². The first-order chi connectivity index (χ1) is 8.85. The molecule has 0 aromatic carbocycles. The Kier molecular flexibility index (Phi) is 5.24. The standard InChI is InChI=1S/C9H15F3N6O/c1-2-17(6-9(10,11)12)3-4-18-5-7(15-16-18)8(19)14-13/h5H,2-4,6,13H2,1H3,(H,14,19). The van der Waals surface area contributed by atoms with Gasteiger partial charge >= 0.3 is 6.18 Å².